The van der Waals surface area contributed by atoms with Crippen molar-refractivity contribution in [3.05, 3.63) is 34.9 Å². The second-order valence-electron chi connectivity index (χ2n) is 5.54. The first-order chi connectivity index (χ1) is 10.9. The molecule has 1 aliphatic heterocycles. The molecule has 0 radical (unpaired) electrons. The third kappa shape index (κ3) is 4.22. The Hall–Kier alpha value is -2.08. The fourth-order valence-corrected chi connectivity index (χ4v) is 2.84. The maximum Gasteiger partial charge on any atom is 0.307 e. The van der Waals surface area contributed by atoms with Crippen LogP contribution in [0.4, 0.5) is 0 Å². The third-order valence-corrected chi connectivity index (χ3v) is 4.25. The van der Waals surface area contributed by atoms with Crippen LogP contribution in [0, 0.1) is 5.92 Å². The number of nitrogens with one attached hydrogen (secondary N) is 1. The van der Waals surface area contributed by atoms with Gasteiger partial charge >= 0.3 is 5.97 Å². The van der Waals surface area contributed by atoms with Crippen LogP contribution in [0.25, 0.3) is 0 Å². The molecule has 1 aliphatic rings. The Morgan fingerprint density at radius 3 is 2.70 bits per heavy atom. The van der Waals surface area contributed by atoms with Crippen LogP contribution in [-0.4, -0.2) is 43.4 Å². The predicted molar refractivity (Wildman–Crippen MR) is 84.7 cm³/mol. The Labute approximate surface area is 139 Å². The molecule has 124 valence electrons. The van der Waals surface area contributed by atoms with Gasteiger partial charge in [0.05, 0.1) is 25.5 Å². The first-order valence-corrected chi connectivity index (χ1v) is 7.65. The summed E-state index contributed by atoms with van der Waals surface area (Å²) in [6.07, 6.45) is 0.151. The van der Waals surface area contributed by atoms with Crippen LogP contribution < -0.4 is 5.32 Å². The molecule has 0 spiro atoms. The molecule has 1 fully saturated rings. The molecule has 0 unspecified atom stereocenters. The van der Waals surface area contributed by atoms with Crippen LogP contribution in [0.3, 0.4) is 0 Å². The van der Waals surface area contributed by atoms with Gasteiger partial charge in [-0.05, 0) is 11.6 Å². The van der Waals surface area contributed by atoms with Crippen molar-refractivity contribution in [2.45, 2.75) is 18.9 Å². The lowest BCUT2D eigenvalue weighted by atomic mass is 10.0. The van der Waals surface area contributed by atoms with Crippen molar-refractivity contribution in [1.82, 2.24) is 10.2 Å². The minimum absolute atomic E-state index is 0.0253. The summed E-state index contributed by atoms with van der Waals surface area (Å²) in [4.78, 5) is 37.1. The van der Waals surface area contributed by atoms with Gasteiger partial charge in [-0.15, -0.1) is 0 Å². The van der Waals surface area contributed by atoms with Gasteiger partial charge in [0, 0.05) is 25.0 Å². The van der Waals surface area contributed by atoms with Gasteiger partial charge in [-0.1, -0.05) is 29.8 Å². The van der Waals surface area contributed by atoms with Crippen LogP contribution in [-0.2, 0) is 19.1 Å². The summed E-state index contributed by atoms with van der Waals surface area (Å²) >= 11 is 6.17. The summed E-state index contributed by atoms with van der Waals surface area (Å²) < 4.78 is 4.69. The number of carbonyl (C=O) groups is 3. The maximum atomic E-state index is 12.4. The van der Waals surface area contributed by atoms with E-state index in [4.69, 9.17) is 11.6 Å². The molecule has 2 rings (SSSR count). The van der Waals surface area contributed by atoms with Crippen LogP contribution in [0.5, 0.6) is 0 Å². The van der Waals surface area contributed by atoms with E-state index in [1.165, 1.54) is 12.0 Å². The summed E-state index contributed by atoms with van der Waals surface area (Å²) in [7, 11) is 2.95. The van der Waals surface area contributed by atoms with E-state index >= 15 is 0 Å². The standard InChI is InChI=1S/C16H19ClN2O4/c1-19-9-10(7-14(19)20)16(22)18-13(8-15(21)23-2)11-5-3-4-6-12(11)17/h3-6,10,13H,7-9H2,1-2H3,(H,18,22)/t10-,13+/m0/s1. The molecule has 1 N–H and O–H groups in total. The molecular formula is C16H19ClN2O4. The molecule has 1 aromatic carbocycles. The van der Waals surface area contributed by atoms with E-state index in [2.05, 4.69) is 10.1 Å². The van der Waals surface area contributed by atoms with E-state index in [0.717, 1.165) is 0 Å². The van der Waals surface area contributed by atoms with Crippen molar-refractivity contribution in [2.75, 3.05) is 20.7 Å². The number of hydrogen-bond donors (Lipinski definition) is 1. The van der Waals surface area contributed by atoms with Gasteiger partial charge in [-0.3, -0.25) is 14.4 Å². The Morgan fingerprint density at radius 1 is 1.43 bits per heavy atom. The molecule has 2 atom stereocenters. The van der Waals surface area contributed by atoms with Crippen LogP contribution in [0.15, 0.2) is 24.3 Å². The maximum absolute atomic E-state index is 12.4. The molecule has 1 saturated heterocycles. The highest BCUT2D eigenvalue weighted by atomic mass is 35.5. The predicted octanol–water partition coefficient (Wildman–Crippen LogP) is 1.54. The first-order valence-electron chi connectivity index (χ1n) is 7.28. The van der Waals surface area contributed by atoms with Gasteiger partial charge in [0.15, 0.2) is 0 Å². The Morgan fingerprint density at radius 2 is 2.13 bits per heavy atom. The van der Waals surface area contributed by atoms with Crippen LogP contribution in [0.2, 0.25) is 5.02 Å². The summed E-state index contributed by atoms with van der Waals surface area (Å²) in [5, 5.41) is 3.28. The smallest absolute Gasteiger partial charge is 0.307 e. The average Bonchev–Trinajstić information content (AvgIpc) is 2.86. The lowest BCUT2D eigenvalue weighted by Gasteiger charge is -2.21. The highest BCUT2D eigenvalue weighted by Crippen LogP contribution is 2.26. The number of esters is 1. The molecule has 6 nitrogen and oxygen atoms in total. The van der Waals surface area contributed by atoms with Gasteiger partial charge in [0.25, 0.3) is 0 Å². The van der Waals surface area contributed by atoms with Crippen molar-refractivity contribution in [1.29, 1.82) is 0 Å². The number of amides is 2. The summed E-state index contributed by atoms with van der Waals surface area (Å²) in [5.74, 6) is -1.20. The number of likely N-dealkylation sites (tertiary alicyclic amines) is 1. The first kappa shape index (κ1) is 17.3. The van der Waals surface area contributed by atoms with E-state index in [-0.39, 0.29) is 24.7 Å². The van der Waals surface area contributed by atoms with Crippen molar-refractivity contribution in [2.24, 2.45) is 5.92 Å². The van der Waals surface area contributed by atoms with Gasteiger partial charge in [0.1, 0.15) is 0 Å². The Kier molecular flexibility index (Phi) is 5.60. The number of halogens is 1. The second kappa shape index (κ2) is 7.46. The number of nitrogens with zero attached hydrogens (tertiary/aromatic N) is 1. The van der Waals surface area contributed by atoms with E-state index in [1.54, 1.807) is 31.3 Å². The minimum Gasteiger partial charge on any atom is -0.469 e. The van der Waals surface area contributed by atoms with Crippen molar-refractivity contribution in [3.63, 3.8) is 0 Å². The van der Waals surface area contributed by atoms with Gasteiger partial charge in [-0.2, -0.15) is 0 Å². The molecule has 0 saturated carbocycles. The molecule has 23 heavy (non-hydrogen) atoms. The van der Waals surface area contributed by atoms with Crippen molar-refractivity contribution < 1.29 is 19.1 Å². The lowest BCUT2D eigenvalue weighted by molar-refractivity contribution is -0.141. The largest absolute Gasteiger partial charge is 0.469 e. The summed E-state index contributed by atoms with van der Waals surface area (Å²) in [5.41, 5.74) is 0.644. The molecule has 0 aromatic heterocycles. The van der Waals surface area contributed by atoms with Crippen LogP contribution >= 0.6 is 11.6 Å². The second-order valence-corrected chi connectivity index (χ2v) is 5.95. The van der Waals surface area contributed by atoms with Gasteiger partial charge < -0.3 is 15.0 Å². The number of rotatable bonds is 5. The quantitative estimate of drug-likeness (QED) is 0.826. The average molecular weight is 339 g/mol. The molecule has 2 amide bonds. The van der Waals surface area contributed by atoms with Crippen molar-refractivity contribution >= 4 is 29.4 Å². The Balaban J connectivity index is 2.15. The van der Waals surface area contributed by atoms with Crippen molar-refractivity contribution in [3.8, 4) is 0 Å². The monoisotopic (exact) mass is 338 g/mol. The fraction of sp³-hybridized carbons (Fsp3) is 0.438. The van der Waals surface area contributed by atoms with Gasteiger partial charge in [-0.25, -0.2) is 0 Å². The topological polar surface area (TPSA) is 75.7 Å². The summed E-state index contributed by atoms with van der Waals surface area (Å²) in [6, 6.07) is 6.41. The summed E-state index contributed by atoms with van der Waals surface area (Å²) in [6.45, 7) is 0.373. The zero-order chi connectivity index (χ0) is 17.0. The van der Waals surface area contributed by atoms with E-state index in [9.17, 15) is 14.4 Å². The fourth-order valence-electron chi connectivity index (χ4n) is 2.58. The number of methoxy groups -OCH3 is 1. The third-order valence-electron chi connectivity index (χ3n) is 3.91. The molecule has 0 aliphatic carbocycles. The lowest BCUT2D eigenvalue weighted by Crippen LogP contribution is -2.36. The normalized spacial score (nSPS) is 18.7. The minimum atomic E-state index is -0.593. The highest BCUT2D eigenvalue weighted by molar-refractivity contribution is 6.31. The highest BCUT2D eigenvalue weighted by Gasteiger charge is 2.33. The number of benzene rings is 1. The van der Waals surface area contributed by atoms with Crippen LogP contribution in [0.1, 0.15) is 24.4 Å². The number of ether oxygens (including phenoxy) is 1. The van der Waals surface area contributed by atoms with E-state index in [0.29, 0.717) is 17.1 Å². The molecule has 1 aromatic rings. The molecule has 1 heterocycles. The van der Waals surface area contributed by atoms with E-state index in [1.807, 2.05) is 0 Å². The zero-order valence-electron chi connectivity index (χ0n) is 13.0. The number of hydrogen-bond acceptors (Lipinski definition) is 4. The molecule has 7 heteroatoms. The molecular weight excluding hydrogens is 320 g/mol. The molecule has 0 bridgehead atoms. The SMILES string of the molecule is COC(=O)C[C@@H](NC(=O)[C@H]1CC(=O)N(C)C1)c1ccccc1Cl. The number of carbonyl (C=O) groups excluding carboxylic acids is 3. The van der Waals surface area contributed by atoms with E-state index < -0.39 is 17.9 Å². The Bertz CT molecular complexity index is 620. The van der Waals surface area contributed by atoms with Gasteiger partial charge in [0.2, 0.25) is 11.8 Å². The zero-order valence-corrected chi connectivity index (χ0v) is 13.8.